The van der Waals surface area contributed by atoms with Crippen LogP contribution in [0.1, 0.15) is 11.1 Å². The summed E-state index contributed by atoms with van der Waals surface area (Å²) in [6.07, 6.45) is 1.44. The molecule has 0 fully saturated rings. The average molecular weight is 399 g/mol. The Hall–Kier alpha value is -3.33. The smallest absolute Gasteiger partial charge is 0.345 e. The number of carbonyl (C=O) groups is 1. The number of amides is 1. The largest absolute Gasteiger partial charge is 0.454 e. The van der Waals surface area contributed by atoms with Crippen molar-refractivity contribution < 1.29 is 22.7 Å². The Kier molecular flexibility index (Phi) is 4.52. The molecule has 0 saturated carbocycles. The van der Waals surface area contributed by atoms with Crippen LogP contribution in [0.3, 0.4) is 0 Å². The summed E-state index contributed by atoms with van der Waals surface area (Å²) in [4.78, 5) is 12.6. The minimum Gasteiger partial charge on any atom is -0.454 e. The van der Waals surface area contributed by atoms with Crippen LogP contribution in [0.15, 0.2) is 64.7 Å². The Morgan fingerprint density at radius 3 is 2.68 bits per heavy atom. The standard InChI is InChI=1S/C19H17N3O5S/c1-22-16(19(23)20-11-13-5-3-2-4-6-13)10-15(21-28(22,24)25)14-7-8-17-18(9-14)27-12-26-17/h2-10H,11-12H2,1H3,(H,20,23). The summed E-state index contributed by atoms with van der Waals surface area (Å²) in [5.41, 5.74) is 1.55. The first kappa shape index (κ1) is 18.1. The van der Waals surface area contributed by atoms with Crippen molar-refractivity contribution in [3.63, 3.8) is 0 Å². The minimum absolute atomic E-state index is 0.0152. The molecule has 2 aromatic carbocycles. The molecular weight excluding hydrogens is 382 g/mol. The molecule has 0 bridgehead atoms. The van der Waals surface area contributed by atoms with Gasteiger partial charge in [0, 0.05) is 19.2 Å². The van der Waals surface area contributed by atoms with Crippen LogP contribution in [0.5, 0.6) is 11.5 Å². The van der Waals surface area contributed by atoms with Crippen molar-refractivity contribution in [2.24, 2.45) is 4.40 Å². The van der Waals surface area contributed by atoms with Gasteiger partial charge in [0.2, 0.25) is 6.79 Å². The first-order chi connectivity index (χ1) is 13.4. The quantitative estimate of drug-likeness (QED) is 0.842. The summed E-state index contributed by atoms with van der Waals surface area (Å²) in [5, 5.41) is 2.74. The maximum atomic E-state index is 12.6. The lowest BCUT2D eigenvalue weighted by atomic mass is 10.1. The number of nitrogens with one attached hydrogen (secondary N) is 1. The molecule has 2 aromatic rings. The molecule has 0 aromatic heterocycles. The molecule has 2 aliphatic rings. The molecule has 1 amide bonds. The summed E-state index contributed by atoms with van der Waals surface area (Å²) in [5.74, 6) is 0.563. The van der Waals surface area contributed by atoms with Gasteiger partial charge in [0.05, 0.1) is 5.71 Å². The predicted octanol–water partition coefficient (Wildman–Crippen LogP) is 1.59. The van der Waals surface area contributed by atoms with Gasteiger partial charge in [-0.3, -0.25) is 4.79 Å². The van der Waals surface area contributed by atoms with Gasteiger partial charge in [-0.1, -0.05) is 30.3 Å². The van der Waals surface area contributed by atoms with Gasteiger partial charge < -0.3 is 14.8 Å². The monoisotopic (exact) mass is 399 g/mol. The van der Waals surface area contributed by atoms with Crippen molar-refractivity contribution in [1.29, 1.82) is 0 Å². The Balaban J connectivity index is 1.62. The van der Waals surface area contributed by atoms with Crippen molar-refractivity contribution in [1.82, 2.24) is 9.62 Å². The van der Waals surface area contributed by atoms with E-state index in [-0.39, 0.29) is 24.7 Å². The van der Waals surface area contributed by atoms with Gasteiger partial charge in [-0.05, 0) is 29.8 Å². The molecule has 8 nitrogen and oxygen atoms in total. The molecule has 2 aliphatic heterocycles. The zero-order valence-electron chi connectivity index (χ0n) is 15.0. The van der Waals surface area contributed by atoms with E-state index in [0.717, 1.165) is 9.87 Å². The zero-order chi connectivity index (χ0) is 19.7. The maximum absolute atomic E-state index is 12.6. The van der Waals surface area contributed by atoms with Crippen molar-refractivity contribution in [2.45, 2.75) is 6.54 Å². The molecule has 28 heavy (non-hydrogen) atoms. The second kappa shape index (κ2) is 7.01. The Bertz CT molecular complexity index is 1090. The van der Waals surface area contributed by atoms with Crippen molar-refractivity contribution in [3.05, 3.63) is 71.4 Å². The molecule has 0 saturated heterocycles. The van der Waals surface area contributed by atoms with E-state index in [2.05, 4.69) is 9.71 Å². The number of likely N-dealkylation sites (N-methyl/N-ethyl adjacent to an activating group) is 1. The van der Waals surface area contributed by atoms with Crippen LogP contribution in [0, 0.1) is 0 Å². The Morgan fingerprint density at radius 2 is 1.89 bits per heavy atom. The molecule has 144 valence electrons. The van der Waals surface area contributed by atoms with Gasteiger partial charge in [0.1, 0.15) is 5.70 Å². The van der Waals surface area contributed by atoms with Crippen LogP contribution >= 0.6 is 0 Å². The molecule has 1 N–H and O–H groups in total. The van der Waals surface area contributed by atoms with E-state index in [9.17, 15) is 13.2 Å². The first-order valence-corrected chi connectivity index (χ1v) is 9.86. The second-order valence-corrected chi connectivity index (χ2v) is 7.81. The number of hydrogen-bond acceptors (Lipinski definition) is 5. The number of nitrogens with zero attached hydrogens (tertiary/aromatic N) is 2. The van der Waals surface area contributed by atoms with Gasteiger partial charge in [0.15, 0.2) is 11.5 Å². The molecule has 0 unspecified atom stereocenters. The predicted molar refractivity (Wildman–Crippen MR) is 102 cm³/mol. The van der Waals surface area contributed by atoms with E-state index in [1.165, 1.54) is 13.1 Å². The van der Waals surface area contributed by atoms with Gasteiger partial charge in [-0.25, -0.2) is 4.31 Å². The minimum atomic E-state index is -4.03. The van der Waals surface area contributed by atoms with Crippen molar-refractivity contribution in [3.8, 4) is 11.5 Å². The fourth-order valence-corrected chi connectivity index (χ4v) is 3.74. The SMILES string of the molecule is CN1C(C(=O)NCc2ccccc2)=CC(c2ccc3c(c2)OCO3)=NS1(=O)=O. The number of benzene rings is 2. The molecule has 0 aliphatic carbocycles. The average Bonchev–Trinajstić information content (AvgIpc) is 3.16. The number of rotatable bonds is 4. The summed E-state index contributed by atoms with van der Waals surface area (Å²) >= 11 is 0. The number of fused-ring (bicyclic) bond motifs is 1. The van der Waals surface area contributed by atoms with E-state index >= 15 is 0 Å². The van der Waals surface area contributed by atoms with Gasteiger partial charge in [-0.15, -0.1) is 4.40 Å². The lowest BCUT2D eigenvalue weighted by Crippen LogP contribution is -2.38. The van der Waals surface area contributed by atoms with E-state index in [0.29, 0.717) is 17.1 Å². The number of ether oxygens (including phenoxy) is 2. The highest BCUT2D eigenvalue weighted by Gasteiger charge is 2.30. The van der Waals surface area contributed by atoms with Crippen LogP contribution in [0.2, 0.25) is 0 Å². The molecule has 2 heterocycles. The van der Waals surface area contributed by atoms with Crippen LogP contribution < -0.4 is 14.8 Å². The van der Waals surface area contributed by atoms with E-state index in [1.54, 1.807) is 18.2 Å². The number of carbonyl (C=O) groups excluding carboxylic acids is 1. The van der Waals surface area contributed by atoms with Gasteiger partial charge in [0.25, 0.3) is 5.91 Å². The topological polar surface area (TPSA) is 97.3 Å². The van der Waals surface area contributed by atoms with Crippen LogP contribution in [-0.2, 0) is 21.5 Å². The Morgan fingerprint density at radius 1 is 1.14 bits per heavy atom. The van der Waals surface area contributed by atoms with Crippen molar-refractivity contribution in [2.75, 3.05) is 13.8 Å². The van der Waals surface area contributed by atoms with Crippen LogP contribution in [-0.4, -0.2) is 38.2 Å². The number of hydrogen-bond donors (Lipinski definition) is 1. The molecule has 0 atom stereocenters. The summed E-state index contributed by atoms with van der Waals surface area (Å²) in [6.45, 7) is 0.386. The number of allylic oxidation sites excluding steroid dienone is 1. The molecule has 0 spiro atoms. The normalized spacial score (nSPS) is 17.0. The third kappa shape index (κ3) is 3.44. The second-order valence-electron chi connectivity index (χ2n) is 6.19. The van der Waals surface area contributed by atoms with Crippen LogP contribution in [0.4, 0.5) is 0 Å². The third-order valence-corrected chi connectivity index (χ3v) is 5.69. The zero-order valence-corrected chi connectivity index (χ0v) is 15.8. The summed E-state index contributed by atoms with van der Waals surface area (Å²) in [7, 11) is -2.74. The molecule has 4 rings (SSSR count). The summed E-state index contributed by atoms with van der Waals surface area (Å²) < 4.78 is 40.2. The van der Waals surface area contributed by atoms with Gasteiger partial charge >= 0.3 is 10.2 Å². The lowest BCUT2D eigenvalue weighted by Gasteiger charge is -2.23. The third-order valence-electron chi connectivity index (χ3n) is 4.37. The highest BCUT2D eigenvalue weighted by atomic mass is 32.2. The Labute approximate surface area is 162 Å². The fourth-order valence-electron chi connectivity index (χ4n) is 2.83. The van der Waals surface area contributed by atoms with E-state index in [4.69, 9.17) is 9.47 Å². The van der Waals surface area contributed by atoms with E-state index < -0.39 is 16.1 Å². The summed E-state index contributed by atoms with van der Waals surface area (Å²) in [6, 6.07) is 14.3. The fraction of sp³-hybridized carbons (Fsp3) is 0.158. The first-order valence-electron chi connectivity index (χ1n) is 8.47. The van der Waals surface area contributed by atoms with Crippen LogP contribution in [0.25, 0.3) is 0 Å². The van der Waals surface area contributed by atoms with Crippen molar-refractivity contribution >= 4 is 21.8 Å². The highest BCUT2D eigenvalue weighted by Crippen LogP contribution is 2.33. The molecule has 9 heteroatoms. The lowest BCUT2D eigenvalue weighted by molar-refractivity contribution is -0.118. The van der Waals surface area contributed by atoms with Gasteiger partial charge in [-0.2, -0.15) is 8.42 Å². The highest BCUT2D eigenvalue weighted by molar-refractivity contribution is 7.88. The van der Waals surface area contributed by atoms with E-state index in [1.807, 2.05) is 30.3 Å². The molecule has 0 radical (unpaired) electrons. The molecular formula is C19H17N3O5S. The maximum Gasteiger partial charge on any atom is 0.345 e.